The van der Waals surface area contributed by atoms with E-state index in [1.807, 2.05) is 24.3 Å². The van der Waals surface area contributed by atoms with E-state index in [1.54, 1.807) is 18.1 Å². The second kappa shape index (κ2) is 2.73. The monoisotopic (exact) mass is 160 g/mol. The van der Waals surface area contributed by atoms with Crippen LogP contribution in [-0.2, 0) is 0 Å². The largest absolute Gasteiger partial charge is 0.277 e. The van der Waals surface area contributed by atoms with Gasteiger partial charge in [0.05, 0.1) is 5.52 Å². The summed E-state index contributed by atoms with van der Waals surface area (Å²) in [6, 6.07) is 7.76. The average Bonchev–Trinajstić information content (AvgIpc) is 2.50. The van der Waals surface area contributed by atoms with Gasteiger partial charge < -0.3 is 0 Å². The molecule has 2 aromatic rings. The lowest BCUT2D eigenvalue weighted by Crippen LogP contribution is -1.96. The van der Waals surface area contributed by atoms with Crippen molar-refractivity contribution in [2.24, 2.45) is 4.99 Å². The lowest BCUT2D eigenvalue weighted by Gasteiger charge is -1.89. The molecule has 0 radical (unpaired) electrons. The van der Waals surface area contributed by atoms with Crippen molar-refractivity contribution < 1.29 is 0 Å². The highest BCUT2D eigenvalue weighted by molar-refractivity contribution is 5.80. The van der Waals surface area contributed by atoms with Crippen LogP contribution in [0.4, 0.5) is 0 Å². The molecule has 0 saturated heterocycles. The Morgan fingerprint density at radius 2 is 2.25 bits per heavy atom. The third-order valence-electron chi connectivity index (χ3n) is 1.60. The minimum absolute atomic E-state index is 0.886. The highest BCUT2D eigenvalue weighted by atomic mass is 15.4. The van der Waals surface area contributed by atoms with Crippen LogP contribution in [-0.4, -0.2) is 28.4 Å². The molecule has 1 aromatic heterocycles. The van der Waals surface area contributed by atoms with Crippen molar-refractivity contribution in [2.75, 3.05) is 7.05 Å². The molecule has 60 valence electrons. The van der Waals surface area contributed by atoms with Crippen LogP contribution in [0.15, 0.2) is 29.3 Å². The standard InChI is InChI=1S/C8H8N4/c1-9-6-12-8-5-3-2-4-7(8)10-11-12/h2-6H,1H3/b9-6+. The summed E-state index contributed by atoms with van der Waals surface area (Å²) in [5.41, 5.74) is 1.86. The molecule has 0 spiro atoms. The molecule has 0 bridgehead atoms. The number of fused-ring (bicyclic) bond motifs is 1. The highest BCUT2D eigenvalue weighted by Gasteiger charge is 1.98. The van der Waals surface area contributed by atoms with Gasteiger partial charge in [-0.15, -0.1) is 5.10 Å². The molecule has 0 aliphatic heterocycles. The number of aliphatic imine (C=N–C) groups is 1. The van der Waals surface area contributed by atoms with E-state index >= 15 is 0 Å². The topological polar surface area (TPSA) is 43.1 Å². The van der Waals surface area contributed by atoms with Gasteiger partial charge in [0.25, 0.3) is 0 Å². The minimum Gasteiger partial charge on any atom is -0.277 e. The predicted octanol–water partition coefficient (Wildman–Crippen LogP) is 0.938. The lowest BCUT2D eigenvalue weighted by molar-refractivity contribution is 0.874. The molecule has 0 fully saturated rings. The van der Waals surface area contributed by atoms with Gasteiger partial charge in [0.1, 0.15) is 11.9 Å². The Bertz CT molecular complexity index is 416. The smallest absolute Gasteiger partial charge is 0.113 e. The summed E-state index contributed by atoms with van der Waals surface area (Å²) in [5.74, 6) is 0. The third-order valence-corrected chi connectivity index (χ3v) is 1.60. The van der Waals surface area contributed by atoms with Gasteiger partial charge in [-0.3, -0.25) is 4.99 Å². The third kappa shape index (κ3) is 0.972. The Morgan fingerprint density at radius 3 is 3.08 bits per heavy atom. The van der Waals surface area contributed by atoms with Crippen molar-refractivity contribution in [2.45, 2.75) is 0 Å². The summed E-state index contributed by atoms with van der Waals surface area (Å²) in [5, 5.41) is 7.86. The molecular formula is C8H8N4. The second-order valence-electron chi connectivity index (χ2n) is 2.40. The van der Waals surface area contributed by atoms with E-state index in [0.29, 0.717) is 0 Å². The van der Waals surface area contributed by atoms with E-state index in [0.717, 1.165) is 11.0 Å². The first-order valence-corrected chi connectivity index (χ1v) is 3.64. The molecule has 2 rings (SSSR count). The Balaban J connectivity index is 2.70. The maximum atomic E-state index is 3.96. The van der Waals surface area contributed by atoms with Gasteiger partial charge in [-0.25, -0.2) is 4.68 Å². The number of hydrogen-bond acceptors (Lipinski definition) is 3. The fourth-order valence-corrected chi connectivity index (χ4v) is 1.08. The first-order chi connectivity index (χ1) is 5.92. The molecular weight excluding hydrogens is 152 g/mol. The minimum atomic E-state index is 0.886. The van der Waals surface area contributed by atoms with E-state index < -0.39 is 0 Å². The Kier molecular flexibility index (Phi) is 1.59. The van der Waals surface area contributed by atoms with Gasteiger partial charge in [-0.05, 0) is 12.1 Å². The van der Waals surface area contributed by atoms with Crippen molar-refractivity contribution in [3.8, 4) is 0 Å². The number of nitrogens with zero attached hydrogens (tertiary/aromatic N) is 4. The predicted molar refractivity (Wildman–Crippen MR) is 47.3 cm³/mol. The van der Waals surface area contributed by atoms with Gasteiger partial charge in [0.15, 0.2) is 0 Å². The quantitative estimate of drug-likeness (QED) is 0.460. The van der Waals surface area contributed by atoms with Crippen LogP contribution >= 0.6 is 0 Å². The summed E-state index contributed by atoms with van der Waals surface area (Å²) in [4.78, 5) is 3.86. The molecule has 0 atom stereocenters. The summed E-state index contributed by atoms with van der Waals surface area (Å²) in [6.07, 6.45) is 1.63. The number of para-hydroxylation sites is 1. The van der Waals surface area contributed by atoms with Crippen LogP contribution in [0.3, 0.4) is 0 Å². The van der Waals surface area contributed by atoms with Crippen molar-refractivity contribution in [1.82, 2.24) is 15.0 Å². The van der Waals surface area contributed by atoms with Crippen LogP contribution in [0.5, 0.6) is 0 Å². The fraction of sp³-hybridized carbons (Fsp3) is 0.125. The number of rotatable bonds is 1. The second-order valence-corrected chi connectivity index (χ2v) is 2.40. The van der Waals surface area contributed by atoms with Crippen LogP contribution in [0.25, 0.3) is 11.0 Å². The van der Waals surface area contributed by atoms with E-state index in [9.17, 15) is 0 Å². The van der Waals surface area contributed by atoms with E-state index in [1.165, 1.54) is 0 Å². The average molecular weight is 160 g/mol. The van der Waals surface area contributed by atoms with Crippen LogP contribution in [0.1, 0.15) is 0 Å². The zero-order chi connectivity index (χ0) is 8.39. The molecule has 0 aliphatic rings. The molecule has 4 nitrogen and oxygen atoms in total. The number of hydrogen-bond donors (Lipinski definition) is 0. The van der Waals surface area contributed by atoms with Crippen molar-refractivity contribution >= 4 is 17.4 Å². The first-order valence-electron chi connectivity index (χ1n) is 3.64. The normalized spacial score (nSPS) is 11.4. The summed E-state index contributed by atoms with van der Waals surface area (Å²) < 4.78 is 1.65. The summed E-state index contributed by atoms with van der Waals surface area (Å²) >= 11 is 0. The van der Waals surface area contributed by atoms with Crippen molar-refractivity contribution in [1.29, 1.82) is 0 Å². The van der Waals surface area contributed by atoms with Crippen molar-refractivity contribution in [3.63, 3.8) is 0 Å². The van der Waals surface area contributed by atoms with Crippen molar-refractivity contribution in [3.05, 3.63) is 24.3 Å². The Hall–Kier alpha value is -1.71. The first kappa shape index (κ1) is 6.97. The number of benzene rings is 1. The summed E-state index contributed by atoms with van der Waals surface area (Å²) in [7, 11) is 1.70. The zero-order valence-electron chi connectivity index (χ0n) is 6.68. The Morgan fingerprint density at radius 1 is 1.42 bits per heavy atom. The zero-order valence-corrected chi connectivity index (χ0v) is 6.68. The van der Waals surface area contributed by atoms with Crippen LogP contribution in [0, 0.1) is 0 Å². The molecule has 12 heavy (non-hydrogen) atoms. The molecule has 1 aromatic carbocycles. The van der Waals surface area contributed by atoms with Gasteiger partial charge in [-0.1, -0.05) is 17.3 Å². The van der Waals surface area contributed by atoms with Crippen LogP contribution in [0.2, 0.25) is 0 Å². The van der Waals surface area contributed by atoms with Gasteiger partial charge in [-0.2, -0.15) is 0 Å². The SMILES string of the molecule is C/N=C/n1nnc2ccccc21. The van der Waals surface area contributed by atoms with Gasteiger partial charge in [0.2, 0.25) is 0 Å². The van der Waals surface area contributed by atoms with Gasteiger partial charge >= 0.3 is 0 Å². The molecule has 0 N–H and O–H groups in total. The molecule has 0 amide bonds. The van der Waals surface area contributed by atoms with E-state index in [-0.39, 0.29) is 0 Å². The maximum Gasteiger partial charge on any atom is 0.113 e. The molecule has 0 aliphatic carbocycles. The van der Waals surface area contributed by atoms with E-state index in [4.69, 9.17) is 0 Å². The lowest BCUT2D eigenvalue weighted by atomic mass is 10.3. The highest BCUT2D eigenvalue weighted by Crippen LogP contribution is 2.07. The molecule has 0 saturated carbocycles. The Labute approximate surface area is 69.5 Å². The number of aromatic nitrogens is 3. The van der Waals surface area contributed by atoms with E-state index in [2.05, 4.69) is 15.3 Å². The molecule has 4 heteroatoms. The molecule has 0 unspecified atom stereocenters. The molecule has 1 heterocycles. The van der Waals surface area contributed by atoms with Crippen LogP contribution < -0.4 is 0 Å². The van der Waals surface area contributed by atoms with Gasteiger partial charge in [0, 0.05) is 7.05 Å². The maximum absolute atomic E-state index is 3.96. The fourth-order valence-electron chi connectivity index (χ4n) is 1.08. The summed E-state index contributed by atoms with van der Waals surface area (Å²) in [6.45, 7) is 0.